The topological polar surface area (TPSA) is 55.8 Å². The van der Waals surface area contributed by atoms with E-state index >= 15 is 0 Å². The molecule has 232 valence electrons. The van der Waals surface area contributed by atoms with Crippen LogP contribution in [0.3, 0.4) is 0 Å². The number of para-hydroxylation sites is 2. The lowest BCUT2D eigenvalue weighted by Crippen LogP contribution is -2.33. The molecule has 4 nitrogen and oxygen atoms in total. The zero-order valence-corrected chi connectivity index (χ0v) is 27.1. The maximum Gasteiger partial charge on any atom is 0.0998 e. The van der Waals surface area contributed by atoms with Crippen molar-refractivity contribution in [2.75, 3.05) is 4.90 Å². The molecule has 2 aliphatic carbocycles. The van der Waals surface area contributed by atoms with Gasteiger partial charge in [-0.3, -0.25) is 0 Å². The second-order valence-electron chi connectivity index (χ2n) is 13.2. The van der Waals surface area contributed by atoms with Gasteiger partial charge in [0.05, 0.1) is 40.5 Å². The molecule has 1 aliphatic heterocycles. The van der Waals surface area contributed by atoms with Crippen LogP contribution in [-0.2, 0) is 0 Å². The molecule has 5 aromatic carbocycles. The molecule has 1 aromatic heterocycles. The van der Waals surface area contributed by atoms with Crippen molar-refractivity contribution in [3.8, 4) is 40.1 Å². The molecule has 3 aliphatic rings. The van der Waals surface area contributed by atoms with E-state index in [1.165, 1.54) is 33.1 Å². The summed E-state index contributed by atoms with van der Waals surface area (Å²) in [6.07, 6.45) is 11.7. The van der Waals surface area contributed by atoms with Crippen LogP contribution in [0.2, 0.25) is 0 Å². The molecule has 0 bridgehead atoms. The monoisotopic (exact) mass is 628 g/mol. The molecule has 0 saturated heterocycles. The highest BCUT2D eigenvalue weighted by atomic mass is 15.2. The predicted octanol–water partition coefficient (Wildman–Crippen LogP) is 10.7. The Bertz CT molecular complexity index is 2460. The molecule has 2 heterocycles. The van der Waals surface area contributed by atoms with E-state index in [0.717, 1.165) is 40.0 Å². The van der Waals surface area contributed by atoms with Crippen molar-refractivity contribution in [2.24, 2.45) is 11.8 Å². The summed E-state index contributed by atoms with van der Waals surface area (Å²) in [6.45, 7) is 2.25. The van der Waals surface area contributed by atoms with E-state index in [1.54, 1.807) is 0 Å². The largest absolute Gasteiger partial charge is 0.333 e. The molecule has 0 spiro atoms. The number of nitrogens with zero attached hydrogens (tertiary/aromatic N) is 4. The second kappa shape index (κ2) is 11.4. The van der Waals surface area contributed by atoms with Crippen molar-refractivity contribution < 1.29 is 0 Å². The van der Waals surface area contributed by atoms with Gasteiger partial charge in [0, 0.05) is 39.2 Å². The zero-order chi connectivity index (χ0) is 33.1. The van der Waals surface area contributed by atoms with Gasteiger partial charge in [0.15, 0.2) is 0 Å². The van der Waals surface area contributed by atoms with Crippen LogP contribution in [0.25, 0.3) is 49.7 Å². The minimum absolute atomic E-state index is 0.0142. The first-order valence-electron chi connectivity index (χ1n) is 16.9. The lowest BCUT2D eigenvalue weighted by Gasteiger charge is -2.32. The number of benzene rings is 5. The van der Waals surface area contributed by atoms with E-state index < -0.39 is 0 Å². The first kappa shape index (κ1) is 28.8. The Labute approximate surface area is 286 Å². The normalized spacial score (nSPS) is 19.4. The molecular weight excluding hydrogens is 597 g/mol. The summed E-state index contributed by atoms with van der Waals surface area (Å²) in [5.41, 5.74) is 12.6. The van der Waals surface area contributed by atoms with Gasteiger partial charge in [-0.05, 0) is 89.2 Å². The third-order valence-electron chi connectivity index (χ3n) is 10.4. The molecule has 0 amide bonds. The third-order valence-corrected chi connectivity index (χ3v) is 10.4. The highest BCUT2D eigenvalue weighted by Crippen LogP contribution is 2.49. The fraction of sp³-hybridized carbons (Fsp3) is 0.111. The first-order chi connectivity index (χ1) is 24.1. The Kier molecular flexibility index (Phi) is 6.71. The maximum atomic E-state index is 10.3. The molecule has 0 fully saturated rings. The van der Waals surface area contributed by atoms with Crippen molar-refractivity contribution >= 4 is 27.5 Å². The average molecular weight is 629 g/mol. The van der Waals surface area contributed by atoms with Crippen molar-refractivity contribution in [3.63, 3.8) is 0 Å². The maximum absolute atomic E-state index is 10.3. The van der Waals surface area contributed by atoms with Gasteiger partial charge in [-0.1, -0.05) is 97.9 Å². The number of hydrogen-bond acceptors (Lipinski definition) is 3. The number of aromatic nitrogens is 1. The highest BCUT2D eigenvalue weighted by Gasteiger charge is 2.41. The third kappa shape index (κ3) is 4.57. The Balaban J connectivity index is 1.09. The van der Waals surface area contributed by atoms with Crippen LogP contribution in [0.5, 0.6) is 0 Å². The number of allylic oxidation sites excluding steroid dienone is 4. The van der Waals surface area contributed by atoms with Crippen LogP contribution in [0, 0.1) is 34.5 Å². The van der Waals surface area contributed by atoms with E-state index in [4.69, 9.17) is 0 Å². The quantitative estimate of drug-likeness (QED) is 0.195. The highest BCUT2D eigenvalue weighted by molar-refractivity contribution is 6.09. The van der Waals surface area contributed by atoms with Gasteiger partial charge in [-0.2, -0.15) is 10.5 Å². The summed E-state index contributed by atoms with van der Waals surface area (Å²) in [6, 6.07) is 45.3. The second-order valence-corrected chi connectivity index (χ2v) is 13.2. The van der Waals surface area contributed by atoms with E-state index in [1.807, 2.05) is 18.2 Å². The van der Waals surface area contributed by atoms with Crippen LogP contribution >= 0.6 is 0 Å². The summed E-state index contributed by atoms with van der Waals surface area (Å²) in [7, 11) is 0. The molecule has 49 heavy (non-hydrogen) atoms. The van der Waals surface area contributed by atoms with Crippen molar-refractivity contribution in [1.82, 2.24) is 4.57 Å². The Morgan fingerprint density at radius 3 is 1.98 bits per heavy atom. The minimum Gasteiger partial charge on any atom is -0.333 e. The van der Waals surface area contributed by atoms with Gasteiger partial charge < -0.3 is 9.47 Å². The lowest BCUT2D eigenvalue weighted by molar-refractivity contribution is 0.614. The summed E-state index contributed by atoms with van der Waals surface area (Å²) in [4.78, 5) is 2.36. The van der Waals surface area contributed by atoms with Crippen LogP contribution in [-0.4, -0.2) is 10.6 Å². The van der Waals surface area contributed by atoms with E-state index in [0.29, 0.717) is 17.1 Å². The minimum atomic E-state index is -0.0142. The number of rotatable bonds is 4. The summed E-state index contributed by atoms with van der Waals surface area (Å²) >= 11 is 0. The fourth-order valence-electron chi connectivity index (χ4n) is 8.14. The van der Waals surface area contributed by atoms with Crippen LogP contribution < -0.4 is 4.90 Å². The van der Waals surface area contributed by atoms with Crippen molar-refractivity contribution in [3.05, 3.63) is 168 Å². The summed E-state index contributed by atoms with van der Waals surface area (Å²) < 4.78 is 2.33. The molecular formula is C45H32N4. The fourth-order valence-corrected chi connectivity index (χ4v) is 8.14. The standard InChI is InChI=1S/C45H32N4/c1-29-13-24-42-39(25-29)38-23-14-30(27-46)26-44(38)49(42)43-12-6-7-34(28-47)45(43)33-17-15-31(16-18-33)32-19-21-35(22-20-32)48-40-10-4-2-8-36(40)37-9-3-5-11-41(37)48/h2-24,26,29,38,44H,25H2,1H3. The molecule has 9 rings (SSSR count). The molecule has 0 radical (unpaired) electrons. The van der Waals surface area contributed by atoms with Gasteiger partial charge in [-0.15, -0.1) is 0 Å². The van der Waals surface area contributed by atoms with Gasteiger partial charge in [0.2, 0.25) is 0 Å². The van der Waals surface area contributed by atoms with Gasteiger partial charge in [0.1, 0.15) is 0 Å². The Hall–Kier alpha value is -6.36. The lowest BCUT2D eigenvalue weighted by atomic mass is 9.83. The number of fused-ring (bicyclic) bond motifs is 5. The molecule has 6 aromatic rings. The van der Waals surface area contributed by atoms with Crippen LogP contribution in [0.1, 0.15) is 18.9 Å². The van der Waals surface area contributed by atoms with Crippen molar-refractivity contribution in [1.29, 1.82) is 10.5 Å². The van der Waals surface area contributed by atoms with E-state index in [2.05, 4.69) is 156 Å². The Morgan fingerprint density at radius 1 is 0.653 bits per heavy atom. The van der Waals surface area contributed by atoms with Crippen LogP contribution in [0.4, 0.5) is 5.69 Å². The molecule has 0 saturated carbocycles. The van der Waals surface area contributed by atoms with Gasteiger partial charge in [-0.25, -0.2) is 0 Å². The van der Waals surface area contributed by atoms with E-state index in [9.17, 15) is 10.5 Å². The zero-order valence-electron chi connectivity index (χ0n) is 27.1. The summed E-state index contributed by atoms with van der Waals surface area (Å²) in [5, 5.41) is 22.6. The molecule has 3 unspecified atom stereocenters. The predicted molar refractivity (Wildman–Crippen MR) is 199 cm³/mol. The molecule has 4 heteroatoms. The first-order valence-corrected chi connectivity index (χ1v) is 16.9. The molecule has 3 atom stereocenters. The number of anilines is 1. The van der Waals surface area contributed by atoms with Gasteiger partial charge >= 0.3 is 0 Å². The number of hydrogen-bond donors (Lipinski definition) is 0. The summed E-state index contributed by atoms with van der Waals surface area (Å²) in [5.74, 6) is 0.661. The Morgan fingerprint density at radius 2 is 1.31 bits per heavy atom. The average Bonchev–Trinajstić information content (AvgIpc) is 3.66. The smallest absolute Gasteiger partial charge is 0.0998 e. The van der Waals surface area contributed by atoms with Crippen LogP contribution in [0.15, 0.2) is 162 Å². The van der Waals surface area contributed by atoms with Crippen molar-refractivity contribution in [2.45, 2.75) is 19.4 Å². The van der Waals surface area contributed by atoms with E-state index in [-0.39, 0.29) is 12.0 Å². The SMILES string of the molecule is CC1C=CC2=C(C1)C1C=CC(C#N)=CC1N2c1cccc(C#N)c1-c1ccc(-c2ccc(-n3c4ccccc4c4ccccc43)cc2)cc1. The van der Waals surface area contributed by atoms with Gasteiger partial charge in [0.25, 0.3) is 0 Å². The molecule has 0 N–H and O–H groups in total. The number of nitriles is 2.